The minimum absolute atomic E-state index is 0.00809. The van der Waals surface area contributed by atoms with Crippen LogP contribution in [0.25, 0.3) is 0 Å². The molecule has 0 saturated heterocycles. The van der Waals surface area contributed by atoms with Gasteiger partial charge < -0.3 is 5.21 Å². The van der Waals surface area contributed by atoms with Crippen LogP contribution in [0.5, 0.6) is 0 Å². The van der Waals surface area contributed by atoms with Crippen LogP contribution in [0.15, 0.2) is 23.4 Å². The van der Waals surface area contributed by atoms with E-state index in [2.05, 4.69) is 5.16 Å². The Morgan fingerprint density at radius 3 is 1.61 bits per heavy atom. The van der Waals surface area contributed by atoms with E-state index in [4.69, 9.17) is 5.21 Å². The predicted octanol–water partition coefficient (Wildman–Crippen LogP) is 3.92. The van der Waals surface area contributed by atoms with Crippen molar-refractivity contribution in [1.82, 2.24) is 0 Å². The summed E-state index contributed by atoms with van der Waals surface area (Å²) in [7, 11) is 0. The van der Waals surface area contributed by atoms with Crippen molar-refractivity contribution >= 4 is 5.71 Å². The summed E-state index contributed by atoms with van der Waals surface area (Å²) in [6, 6.07) is 0.989. The molecule has 1 N–H and O–H groups in total. The number of oxime groups is 1. The SMILES string of the molecule is CC(=NO)c1cc(C(F)(F)F)cc(C(F)(F)F)c1. The lowest BCUT2D eigenvalue weighted by atomic mass is 10.0. The Hall–Kier alpha value is -1.73. The van der Waals surface area contributed by atoms with Crippen molar-refractivity contribution in [2.45, 2.75) is 19.3 Å². The predicted molar refractivity (Wildman–Crippen MR) is 50.4 cm³/mol. The van der Waals surface area contributed by atoms with E-state index in [0.717, 1.165) is 6.92 Å². The number of halogens is 6. The second-order valence-electron chi connectivity index (χ2n) is 3.48. The Morgan fingerprint density at radius 2 is 1.33 bits per heavy atom. The number of benzene rings is 1. The van der Waals surface area contributed by atoms with Gasteiger partial charge in [0.1, 0.15) is 0 Å². The number of rotatable bonds is 1. The highest BCUT2D eigenvalue weighted by Crippen LogP contribution is 2.36. The summed E-state index contributed by atoms with van der Waals surface area (Å²) in [4.78, 5) is 0. The summed E-state index contributed by atoms with van der Waals surface area (Å²) in [5.41, 5.74) is -3.68. The fraction of sp³-hybridized carbons (Fsp3) is 0.300. The van der Waals surface area contributed by atoms with E-state index < -0.39 is 29.0 Å². The van der Waals surface area contributed by atoms with Crippen molar-refractivity contribution in [3.8, 4) is 0 Å². The Balaban J connectivity index is 3.49. The van der Waals surface area contributed by atoms with E-state index >= 15 is 0 Å². The van der Waals surface area contributed by atoms with Gasteiger partial charge in [-0.1, -0.05) is 5.16 Å². The van der Waals surface area contributed by atoms with E-state index in [0.29, 0.717) is 12.1 Å². The molecule has 0 atom stereocenters. The van der Waals surface area contributed by atoms with Gasteiger partial charge in [0, 0.05) is 5.56 Å². The highest BCUT2D eigenvalue weighted by molar-refractivity contribution is 5.98. The summed E-state index contributed by atoms with van der Waals surface area (Å²) in [6.07, 6.45) is -9.82. The maximum atomic E-state index is 12.4. The molecule has 0 spiro atoms. The molecule has 0 fully saturated rings. The number of hydrogen-bond acceptors (Lipinski definition) is 2. The molecule has 1 rings (SSSR count). The summed E-state index contributed by atoms with van der Waals surface area (Å²) in [5.74, 6) is 0. The lowest BCUT2D eigenvalue weighted by Gasteiger charge is -2.13. The number of nitrogens with zero attached hydrogens (tertiary/aromatic N) is 1. The molecule has 0 amide bonds. The number of hydrogen-bond donors (Lipinski definition) is 1. The molecule has 1 aromatic carbocycles. The van der Waals surface area contributed by atoms with E-state index in [-0.39, 0.29) is 11.8 Å². The van der Waals surface area contributed by atoms with Crippen molar-refractivity contribution in [3.05, 3.63) is 34.9 Å². The van der Waals surface area contributed by atoms with Crippen LogP contribution < -0.4 is 0 Å². The van der Waals surface area contributed by atoms with Gasteiger partial charge in [-0.3, -0.25) is 0 Å². The van der Waals surface area contributed by atoms with Gasteiger partial charge in [-0.05, 0) is 25.1 Å². The van der Waals surface area contributed by atoms with Gasteiger partial charge in [0.2, 0.25) is 0 Å². The third-order valence-electron chi connectivity index (χ3n) is 2.16. The van der Waals surface area contributed by atoms with Crippen LogP contribution in [-0.2, 0) is 12.4 Å². The van der Waals surface area contributed by atoms with Crippen LogP contribution in [0.2, 0.25) is 0 Å². The first-order valence-electron chi connectivity index (χ1n) is 4.54. The normalized spacial score (nSPS) is 13.8. The minimum Gasteiger partial charge on any atom is -0.411 e. The smallest absolute Gasteiger partial charge is 0.411 e. The maximum Gasteiger partial charge on any atom is 0.416 e. The molecule has 2 nitrogen and oxygen atoms in total. The first-order chi connectivity index (χ1) is 8.05. The molecule has 0 aliphatic heterocycles. The Kier molecular flexibility index (Phi) is 3.59. The molecular formula is C10H7F6NO. The van der Waals surface area contributed by atoms with Crippen LogP contribution in [0.4, 0.5) is 26.3 Å². The first-order valence-corrected chi connectivity index (χ1v) is 4.54. The second kappa shape index (κ2) is 4.51. The van der Waals surface area contributed by atoms with Crippen molar-refractivity contribution in [2.24, 2.45) is 5.16 Å². The van der Waals surface area contributed by atoms with E-state index in [1.165, 1.54) is 0 Å². The van der Waals surface area contributed by atoms with Crippen LogP contribution in [0.1, 0.15) is 23.6 Å². The van der Waals surface area contributed by atoms with Crippen LogP contribution in [-0.4, -0.2) is 10.9 Å². The Labute approximate surface area is 97.5 Å². The minimum atomic E-state index is -4.91. The standard InChI is InChI=1S/C10H7F6NO/c1-5(17-18)6-2-7(9(11,12)13)4-8(3-6)10(14,15)16/h2-4,18H,1H3. The van der Waals surface area contributed by atoms with E-state index in [1.54, 1.807) is 0 Å². The Bertz CT molecular complexity index is 442. The molecule has 0 unspecified atom stereocenters. The summed E-state index contributed by atoms with van der Waals surface area (Å²) >= 11 is 0. The quantitative estimate of drug-likeness (QED) is 0.357. The van der Waals surface area contributed by atoms with Gasteiger partial charge in [-0.15, -0.1) is 0 Å². The second-order valence-corrected chi connectivity index (χ2v) is 3.48. The third-order valence-corrected chi connectivity index (χ3v) is 2.16. The number of alkyl halides is 6. The van der Waals surface area contributed by atoms with Gasteiger partial charge >= 0.3 is 12.4 Å². The molecule has 0 aromatic heterocycles. The topological polar surface area (TPSA) is 32.6 Å². The molecule has 0 aliphatic rings. The van der Waals surface area contributed by atoms with Crippen molar-refractivity contribution in [2.75, 3.05) is 0 Å². The fourth-order valence-electron chi connectivity index (χ4n) is 1.22. The molecule has 1 aromatic rings. The monoisotopic (exact) mass is 271 g/mol. The maximum absolute atomic E-state index is 12.4. The van der Waals surface area contributed by atoms with Crippen molar-refractivity contribution in [1.29, 1.82) is 0 Å². The molecule has 8 heteroatoms. The van der Waals surface area contributed by atoms with Gasteiger partial charge in [0.25, 0.3) is 0 Å². The van der Waals surface area contributed by atoms with Crippen molar-refractivity contribution in [3.63, 3.8) is 0 Å². The molecule has 0 heterocycles. The molecule has 100 valence electrons. The molecule has 0 saturated carbocycles. The van der Waals surface area contributed by atoms with Gasteiger partial charge in [0.05, 0.1) is 16.8 Å². The summed E-state index contributed by atoms with van der Waals surface area (Å²) in [5, 5.41) is 11.0. The van der Waals surface area contributed by atoms with E-state index in [9.17, 15) is 26.3 Å². The summed E-state index contributed by atoms with van der Waals surface area (Å²) < 4.78 is 74.6. The van der Waals surface area contributed by atoms with E-state index in [1.807, 2.05) is 0 Å². The highest BCUT2D eigenvalue weighted by atomic mass is 19.4. The zero-order valence-electron chi connectivity index (χ0n) is 8.89. The fourth-order valence-corrected chi connectivity index (χ4v) is 1.22. The highest BCUT2D eigenvalue weighted by Gasteiger charge is 2.37. The zero-order chi connectivity index (χ0) is 14.1. The average molecular weight is 271 g/mol. The lowest BCUT2D eigenvalue weighted by Crippen LogP contribution is -2.13. The molecule has 0 radical (unpaired) electrons. The lowest BCUT2D eigenvalue weighted by molar-refractivity contribution is -0.143. The zero-order valence-corrected chi connectivity index (χ0v) is 8.89. The third kappa shape index (κ3) is 3.14. The average Bonchev–Trinajstić information content (AvgIpc) is 2.25. The molecular weight excluding hydrogens is 264 g/mol. The molecule has 18 heavy (non-hydrogen) atoms. The van der Waals surface area contributed by atoms with Crippen molar-refractivity contribution < 1.29 is 31.5 Å². The van der Waals surface area contributed by atoms with Crippen LogP contribution in [0.3, 0.4) is 0 Å². The van der Waals surface area contributed by atoms with Gasteiger partial charge in [-0.2, -0.15) is 26.3 Å². The molecule has 0 aliphatic carbocycles. The van der Waals surface area contributed by atoms with Gasteiger partial charge in [-0.25, -0.2) is 0 Å². The summed E-state index contributed by atoms with van der Waals surface area (Å²) in [6.45, 7) is 1.09. The largest absolute Gasteiger partial charge is 0.416 e. The first kappa shape index (κ1) is 14.3. The Morgan fingerprint density at radius 1 is 0.944 bits per heavy atom. The molecule has 0 bridgehead atoms. The van der Waals surface area contributed by atoms with Crippen LogP contribution >= 0.6 is 0 Å². The van der Waals surface area contributed by atoms with Gasteiger partial charge in [0.15, 0.2) is 0 Å². The van der Waals surface area contributed by atoms with Crippen LogP contribution in [0, 0.1) is 0 Å².